The van der Waals surface area contributed by atoms with Gasteiger partial charge in [-0.2, -0.15) is 0 Å². The van der Waals surface area contributed by atoms with E-state index < -0.39 is 0 Å². The Hall–Kier alpha value is -4.44. The number of rotatable bonds is 3. The first kappa shape index (κ1) is 20.2. The lowest BCUT2D eigenvalue weighted by Gasteiger charge is -2.12. The largest absolute Gasteiger partial charge is 0.507 e. The Balaban J connectivity index is 1.52. The number of pyridine rings is 1. The van der Waals surface area contributed by atoms with Gasteiger partial charge >= 0.3 is 0 Å². The average molecular weight is 443 g/mol. The summed E-state index contributed by atoms with van der Waals surface area (Å²) >= 11 is 0. The smallest absolute Gasteiger partial charge is 0.231 e. The zero-order valence-electron chi connectivity index (χ0n) is 18.9. The summed E-state index contributed by atoms with van der Waals surface area (Å²) < 4.78 is 6.02. The summed E-state index contributed by atoms with van der Waals surface area (Å²) in [4.78, 5) is 9.47. The quantitative estimate of drug-likeness (QED) is 0.305. The molecule has 2 heterocycles. The fraction of sp³-hybridized carbons (Fsp3) is 0.0667. The van der Waals surface area contributed by atoms with Crippen molar-refractivity contribution < 1.29 is 9.52 Å². The molecule has 0 aliphatic rings. The molecule has 4 nitrogen and oxygen atoms in total. The zero-order chi connectivity index (χ0) is 23.2. The predicted molar refractivity (Wildman–Crippen MR) is 137 cm³/mol. The van der Waals surface area contributed by atoms with Gasteiger partial charge in [-0.1, -0.05) is 48.5 Å². The maximum absolute atomic E-state index is 10.3. The number of phenols is 1. The maximum Gasteiger partial charge on any atom is 0.231 e. The molecule has 6 rings (SSSR count). The summed E-state index contributed by atoms with van der Waals surface area (Å²) in [6.45, 7) is 4.29. The molecular formula is C30H22N2O2. The SMILES string of the molecule is Cc1cc(-c2cccc(-c3cccc4oc(-c5ccccc5O)nc34)c2)c2ncccc2c1C. The third-order valence-corrected chi connectivity index (χ3v) is 6.46. The van der Waals surface area contributed by atoms with E-state index in [1.165, 1.54) is 16.5 Å². The first-order valence-electron chi connectivity index (χ1n) is 11.2. The third kappa shape index (κ3) is 3.23. The van der Waals surface area contributed by atoms with Crippen LogP contribution in [-0.2, 0) is 0 Å². The second-order valence-electron chi connectivity index (χ2n) is 8.53. The van der Waals surface area contributed by atoms with Crippen LogP contribution >= 0.6 is 0 Å². The molecular weight excluding hydrogens is 420 g/mol. The minimum atomic E-state index is 0.145. The average Bonchev–Trinajstić information content (AvgIpc) is 3.31. The molecule has 4 aromatic carbocycles. The van der Waals surface area contributed by atoms with Gasteiger partial charge in [0.2, 0.25) is 5.89 Å². The summed E-state index contributed by atoms with van der Waals surface area (Å²) in [5, 5.41) is 11.4. The van der Waals surface area contributed by atoms with E-state index in [0.717, 1.165) is 33.3 Å². The van der Waals surface area contributed by atoms with Crippen LogP contribution in [0.4, 0.5) is 0 Å². The lowest BCUT2D eigenvalue weighted by Crippen LogP contribution is -1.91. The van der Waals surface area contributed by atoms with Gasteiger partial charge in [-0.05, 0) is 72.5 Å². The van der Waals surface area contributed by atoms with E-state index in [1.54, 1.807) is 18.2 Å². The molecule has 0 amide bonds. The Kier molecular flexibility index (Phi) is 4.66. The van der Waals surface area contributed by atoms with E-state index >= 15 is 0 Å². The maximum atomic E-state index is 10.3. The number of phenolic OH excluding ortho intramolecular Hbond substituents is 1. The molecule has 6 aromatic rings. The molecule has 0 saturated heterocycles. The first-order chi connectivity index (χ1) is 16.6. The van der Waals surface area contributed by atoms with Gasteiger partial charge in [-0.15, -0.1) is 0 Å². The Morgan fingerprint density at radius 2 is 1.47 bits per heavy atom. The van der Waals surface area contributed by atoms with Crippen LogP contribution in [0.15, 0.2) is 95.5 Å². The molecule has 0 unspecified atom stereocenters. The van der Waals surface area contributed by atoms with Crippen molar-refractivity contribution in [3.63, 3.8) is 0 Å². The molecule has 34 heavy (non-hydrogen) atoms. The van der Waals surface area contributed by atoms with Crippen molar-refractivity contribution >= 4 is 22.0 Å². The molecule has 4 heteroatoms. The fourth-order valence-electron chi connectivity index (χ4n) is 4.55. The summed E-state index contributed by atoms with van der Waals surface area (Å²) in [7, 11) is 0. The van der Waals surface area contributed by atoms with Crippen LogP contribution in [0, 0.1) is 13.8 Å². The van der Waals surface area contributed by atoms with Gasteiger partial charge in [0, 0.05) is 22.7 Å². The molecule has 0 saturated carbocycles. The van der Waals surface area contributed by atoms with E-state index in [9.17, 15) is 5.11 Å². The van der Waals surface area contributed by atoms with E-state index in [4.69, 9.17) is 14.4 Å². The van der Waals surface area contributed by atoms with E-state index in [0.29, 0.717) is 17.0 Å². The van der Waals surface area contributed by atoms with E-state index in [1.807, 2.05) is 30.5 Å². The molecule has 0 radical (unpaired) electrons. The molecule has 0 aliphatic heterocycles. The van der Waals surface area contributed by atoms with Crippen molar-refractivity contribution in [2.24, 2.45) is 0 Å². The first-order valence-corrected chi connectivity index (χ1v) is 11.2. The van der Waals surface area contributed by atoms with Crippen molar-refractivity contribution in [2.75, 3.05) is 0 Å². The fourth-order valence-corrected chi connectivity index (χ4v) is 4.55. The number of benzene rings is 4. The summed E-state index contributed by atoms with van der Waals surface area (Å²) in [5.41, 5.74) is 9.76. The number of hydrogen-bond donors (Lipinski definition) is 1. The van der Waals surface area contributed by atoms with E-state index in [-0.39, 0.29) is 5.75 Å². The number of aromatic hydroxyl groups is 1. The van der Waals surface area contributed by atoms with Crippen LogP contribution in [0.1, 0.15) is 11.1 Å². The molecule has 0 atom stereocenters. The molecule has 1 N–H and O–H groups in total. The van der Waals surface area contributed by atoms with Crippen LogP contribution in [-0.4, -0.2) is 15.1 Å². The van der Waals surface area contributed by atoms with Gasteiger partial charge in [-0.3, -0.25) is 4.98 Å². The Bertz CT molecular complexity index is 1700. The monoisotopic (exact) mass is 442 g/mol. The number of aromatic nitrogens is 2. The highest BCUT2D eigenvalue weighted by atomic mass is 16.3. The highest BCUT2D eigenvalue weighted by Gasteiger charge is 2.16. The summed E-state index contributed by atoms with van der Waals surface area (Å²) in [5.74, 6) is 0.549. The summed E-state index contributed by atoms with van der Waals surface area (Å²) in [6, 6.07) is 27.8. The van der Waals surface area contributed by atoms with Crippen LogP contribution in [0.3, 0.4) is 0 Å². The van der Waals surface area contributed by atoms with Gasteiger partial charge in [0.1, 0.15) is 11.3 Å². The number of fused-ring (bicyclic) bond motifs is 2. The second kappa shape index (κ2) is 7.85. The summed E-state index contributed by atoms with van der Waals surface area (Å²) in [6.07, 6.45) is 1.85. The number of para-hydroxylation sites is 2. The van der Waals surface area contributed by atoms with Gasteiger partial charge in [0.25, 0.3) is 0 Å². The van der Waals surface area contributed by atoms with Gasteiger partial charge in [0.05, 0.1) is 11.1 Å². The lowest BCUT2D eigenvalue weighted by molar-refractivity contribution is 0.474. The van der Waals surface area contributed by atoms with Crippen molar-refractivity contribution in [1.29, 1.82) is 0 Å². The molecule has 164 valence electrons. The topological polar surface area (TPSA) is 59.2 Å². The van der Waals surface area contributed by atoms with Gasteiger partial charge in [0.15, 0.2) is 5.58 Å². The van der Waals surface area contributed by atoms with Crippen LogP contribution in [0.25, 0.3) is 55.7 Å². The zero-order valence-corrected chi connectivity index (χ0v) is 18.9. The normalized spacial score (nSPS) is 11.4. The minimum Gasteiger partial charge on any atom is -0.507 e. The van der Waals surface area contributed by atoms with Crippen LogP contribution in [0.5, 0.6) is 5.75 Å². The molecule has 0 bridgehead atoms. The molecule has 2 aromatic heterocycles. The van der Waals surface area contributed by atoms with Crippen molar-refractivity contribution in [3.8, 4) is 39.5 Å². The van der Waals surface area contributed by atoms with E-state index in [2.05, 4.69) is 56.3 Å². The molecule has 0 fully saturated rings. The standard InChI is InChI=1S/C30H22N2O2/c1-18-16-25(28-22(19(18)2)12-7-15-31-28)21-9-5-8-20(17-21)23-11-6-14-27-29(23)32-30(34-27)24-10-3-4-13-26(24)33/h3-17,33H,1-2H3. The Labute approximate surface area is 197 Å². The molecule has 0 spiro atoms. The number of nitrogens with zero attached hydrogens (tertiary/aromatic N) is 2. The van der Waals surface area contributed by atoms with Crippen molar-refractivity contribution in [2.45, 2.75) is 13.8 Å². The van der Waals surface area contributed by atoms with Crippen molar-refractivity contribution in [1.82, 2.24) is 9.97 Å². The molecule has 0 aliphatic carbocycles. The Morgan fingerprint density at radius 3 is 2.32 bits per heavy atom. The third-order valence-electron chi connectivity index (χ3n) is 6.46. The number of aryl methyl sites for hydroxylation is 2. The van der Waals surface area contributed by atoms with Gasteiger partial charge in [-0.25, -0.2) is 4.98 Å². The van der Waals surface area contributed by atoms with Crippen molar-refractivity contribution in [3.05, 3.63) is 102 Å². The highest BCUT2D eigenvalue weighted by molar-refractivity contribution is 5.98. The van der Waals surface area contributed by atoms with Crippen LogP contribution in [0.2, 0.25) is 0 Å². The number of oxazole rings is 1. The highest BCUT2D eigenvalue weighted by Crippen LogP contribution is 2.37. The Morgan fingerprint density at radius 1 is 0.706 bits per heavy atom. The lowest BCUT2D eigenvalue weighted by atomic mass is 9.93. The minimum absolute atomic E-state index is 0.145. The van der Waals surface area contributed by atoms with Gasteiger partial charge < -0.3 is 9.52 Å². The number of hydrogen-bond acceptors (Lipinski definition) is 4. The van der Waals surface area contributed by atoms with Crippen LogP contribution < -0.4 is 0 Å². The second-order valence-corrected chi connectivity index (χ2v) is 8.53. The predicted octanol–water partition coefficient (Wildman–Crippen LogP) is 7.70.